The van der Waals surface area contributed by atoms with E-state index in [0.29, 0.717) is 17.3 Å². The third-order valence-electron chi connectivity index (χ3n) is 4.68. The van der Waals surface area contributed by atoms with Gasteiger partial charge in [0.1, 0.15) is 17.2 Å². The summed E-state index contributed by atoms with van der Waals surface area (Å²) in [5, 5.41) is 3.73. The molecular weight excluding hydrogens is 325 g/mol. The Labute approximate surface area is 145 Å². The quantitative estimate of drug-likeness (QED) is 0.676. The number of nitrogens with one attached hydrogen (secondary N) is 1. The fourth-order valence-electron chi connectivity index (χ4n) is 3.45. The lowest BCUT2D eigenvalue weighted by Gasteiger charge is -2.24. The van der Waals surface area contributed by atoms with E-state index in [4.69, 9.17) is 11.6 Å². The molecule has 4 rings (SSSR count). The third-order valence-corrected chi connectivity index (χ3v) is 4.97. The molecule has 1 aromatic carbocycles. The molecule has 1 saturated carbocycles. The summed E-state index contributed by atoms with van der Waals surface area (Å²) in [5.41, 5.74) is 1.85. The van der Waals surface area contributed by atoms with E-state index in [0.717, 1.165) is 24.3 Å². The lowest BCUT2D eigenvalue weighted by molar-refractivity contribution is 0.461. The number of halogens is 2. The maximum absolute atomic E-state index is 14.6. The fourth-order valence-corrected chi connectivity index (χ4v) is 3.62. The van der Waals surface area contributed by atoms with E-state index < -0.39 is 5.82 Å². The molecule has 1 aliphatic rings. The highest BCUT2D eigenvalue weighted by atomic mass is 35.5. The lowest BCUT2D eigenvalue weighted by atomic mass is 9.95. The number of aromatic nitrogens is 2. The lowest BCUT2D eigenvalue weighted by Crippen LogP contribution is -2.23. The van der Waals surface area contributed by atoms with Crippen molar-refractivity contribution >= 4 is 23.1 Å². The normalized spacial score (nSPS) is 15.8. The van der Waals surface area contributed by atoms with Crippen molar-refractivity contribution < 1.29 is 4.39 Å². The molecule has 24 heavy (non-hydrogen) atoms. The van der Waals surface area contributed by atoms with Crippen LogP contribution in [-0.4, -0.2) is 15.4 Å². The number of benzene rings is 1. The number of anilines is 1. The summed E-state index contributed by atoms with van der Waals surface area (Å²) in [6, 6.07) is 11.3. The van der Waals surface area contributed by atoms with Crippen LogP contribution in [0, 0.1) is 5.82 Å². The highest BCUT2D eigenvalue weighted by molar-refractivity contribution is 6.31. The van der Waals surface area contributed by atoms with Gasteiger partial charge in [-0.25, -0.2) is 9.37 Å². The molecule has 1 N–H and O–H groups in total. The Kier molecular flexibility index (Phi) is 4.15. The second kappa shape index (κ2) is 6.44. The molecular formula is C19H19ClFN3. The highest BCUT2D eigenvalue weighted by Crippen LogP contribution is 2.34. The average Bonchev–Trinajstić information content (AvgIpc) is 2.97. The SMILES string of the molecule is Fc1c(Cl)cccc1-c1nc2ccccn2c1NC1CCCCC1. The molecule has 3 aromatic rings. The van der Waals surface area contributed by atoms with Crippen molar-refractivity contribution in [3.05, 3.63) is 53.4 Å². The van der Waals surface area contributed by atoms with Crippen LogP contribution in [-0.2, 0) is 0 Å². The van der Waals surface area contributed by atoms with Crippen LogP contribution in [0.1, 0.15) is 32.1 Å². The molecule has 0 atom stereocenters. The summed E-state index contributed by atoms with van der Waals surface area (Å²) < 4.78 is 16.6. The Morgan fingerprint density at radius 2 is 1.92 bits per heavy atom. The molecule has 1 fully saturated rings. The Hall–Kier alpha value is -2.07. The van der Waals surface area contributed by atoms with Crippen LogP contribution in [0.3, 0.4) is 0 Å². The molecule has 2 heterocycles. The van der Waals surface area contributed by atoms with Crippen LogP contribution in [0.15, 0.2) is 42.6 Å². The van der Waals surface area contributed by atoms with E-state index in [-0.39, 0.29) is 5.02 Å². The summed E-state index contributed by atoms with van der Waals surface area (Å²) >= 11 is 5.98. The second-order valence-corrected chi connectivity index (χ2v) is 6.73. The summed E-state index contributed by atoms with van der Waals surface area (Å²) in [5.74, 6) is 0.424. The zero-order chi connectivity index (χ0) is 16.5. The molecule has 5 heteroatoms. The average molecular weight is 344 g/mol. The van der Waals surface area contributed by atoms with Crippen molar-refractivity contribution in [2.45, 2.75) is 38.1 Å². The maximum atomic E-state index is 14.6. The summed E-state index contributed by atoms with van der Waals surface area (Å²) in [7, 11) is 0. The van der Waals surface area contributed by atoms with Crippen molar-refractivity contribution in [1.82, 2.24) is 9.38 Å². The van der Waals surface area contributed by atoms with Crippen molar-refractivity contribution in [3.63, 3.8) is 0 Å². The Morgan fingerprint density at radius 1 is 1.08 bits per heavy atom. The first-order valence-corrected chi connectivity index (χ1v) is 8.80. The predicted octanol–water partition coefficient (Wildman–Crippen LogP) is 5.54. The monoisotopic (exact) mass is 343 g/mol. The minimum Gasteiger partial charge on any atom is -0.367 e. The second-order valence-electron chi connectivity index (χ2n) is 6.32. The van der Waals surface area contributed by atoms with Gasteiger partial charge in [0.25, 0.3) is 0 Å². The fraction of sp³-hybridized carbons (Fsp3) is 0.316. The van der Waals surface area contributed by atoms with Crippen LogP contribution in [0.25, 0.3) is 16.9 Å². The van der Waals surface area contributed by atoms with Crippen molar-refractivity contribution in [3.8, 4) is 11.3 Å². The molecule has 2 aromatic heterocycles. The van der Waals surface area contributed by atoms with Gasteiger partial charge in [0.2, 0.25) is 0 Å². The van der Waals surface area contributed by atoms with E-state index in [1.54, 1.807) is 18.2 Å². The first-order valence-electron chi connectivity index (χ1n) is 8.42. The molecule has 0 spiro atoms. The van der Waals surface area contributed by atoms with Gasteiger partial charge < -0.3 is 5.32 Å². The van der Waals surface area contributed by atoms with E-state index in [1.165, 1.54) is 19.3 Å². The molecule has 0 amide bonds. The van der Waals surface area contributed by atoms with Crippen LogP contribution >= 0.6 is 11.6 Å². The van der Waals surface area contributed by atoms with Gasteiger partial charge in [-0.1, -0.05) is 43.0 Å². The highest BCUT2D eigenvalue weighted by Gasteiger charge is 2.21. The largest absolute Gasteiger partial charge is 0.367 e. The van der Waals surface area contributed by atoms with Gasteiger partial charge in [-0.05, 0) is 37.1 Å². The third kappa shape index (κ3) is 2.75. The molecule has 0 unspecified atom stereocenters. The Morgan fingerprint density at radius 3 is 2.75 bits per heavy atom. The van der Waals surface area contributed by atoms with Crippen molar-refractivity contribution in [2.24, 2.45) is 0 Å². The molecule has 0 aliphatic heterocycles. The van der Waals surface area contributed by atoms with Gasteiger partial charge in [-0.2, -0.15) is 0 Å². The van der Waals surface area contributed by atoms with Gasteiger partial charge >= 0.3 is 0 Å². The number of imidazole rings is 1. The molecule has 3 nitrogen and oxygen atoms in total. The van der Waals surface area contributed by atoms with E-state index in [9.17, 15) is 4.39 Å². The Bertz CT molecular complexity index is 868. The molecule has 0 bridgehead atoms. The first kappa shape index (κ1) is 15.5. The number of fused-ring (bicyclic) bond motifs is 1. The zero-order valence-electron chi connectivity index (χ0n) is 13.3. The zero-order valence-corrected chi connectivity index (χ0v) is 14.1. The van der Waals surface area contributed by atoms with Gasteiger partial charge in [-0.15, -0.1) is 0 Å². The van der Waals surface area contributed by atoms with Crippen LogP contribution in [0.5, 0.6) is 0 Å². The van der Waals surface area contributed by atoms with E-state index in [2.05, 4.69) is 10.3 Å². The minimum atomic E-state index is -0.422. The number of hydrogen-bond acceptors (Lipinski definition) is 2. The molecule has 124 valence electrons. The molecule has 0 saturated heterocycles. The van der Waals surface area contributed by atoms with E-state index in [1.807, 2.05) is 28.8 Å². The van der Waals surface area contributed by atoms with Gasteiger partial charge in [0.15, 0.2) is 5.82 Å². The standard InChI is InChI=1S/C19H19ClFN3/c20-15-10-6-9-14(17(15)21)18-19(22-13-7-2-1-3-8-13)24-12-5-4-11-16(24)23-18/h4-6,9-13,22H,1-3,7-8H2. The van der Waals surface area contributed by atoms with Crippen LogP contribution in [0.2, 0.25) is 5.02 Å². The maximum Gasteiger partial charge on any atom is 0.151 e. The number of hydrogen-bond donors (Lipinski definition) is 1. The van der Waals surface area contributed by atoms with Gasteiger partial charge in [0.05, 0.1) is 5.02 Å². The first-order chi connectivity index (χ1) is 11.7. The van der Waals surface area contributed by atoms with Crippen molar-refractivity contribution in [2.75, 3.05) is 5.32 Å². The summed E-state index contributed by atoms with van der Waals surface area (Å²) in [4.78, 5) is 4.65. The van der Waals surface area contributed by atoms with Crippen LogP contribution in [0.4, 0.5) is 10.2 Å². The Balaban J connectivity index is 1.84. The topological polar surface area (TPSA) is 29.3 Å². The summed E-state index contributed by atoms with van der Waals surface area (Å²) in [6.07, 6.45) is 7.99. The van der Waals surface area contributed by atoms with E-state index >= 15 is 0 Å². The smallest absolute Gasteiger partial charge is 0.151 e. The van der Waals surface area contributed by atoms with Crippen molar-refractivity contribution in [1.29, 1.82) is 0 Å². The van der Waals surface area contributed by atoms with Gasteiger partial charge in [-0.3, -0.25) is 4.40 Å². The molecule has 1 aliphatic carbocycles. The summed E-state index contributed by atoms with van der Waals surface area (Å²) in [6.45, 7) is 0. The van der Waals surface area contributed by atoms with Gasteiger partial charge in [0, 0.05) is 17.8 Å². The number of rotatable bonds is 3. The van der Waals surface area contributed by atoms with Crippen LogP contribution < -0.4 is 5.32 Å². The molecule has 0 radical (unpaired) electrons. The minimum absolute atomic E-state index is 0.119. The predicted molar refractivity (Wildman–Crippen MR) is 96.1 cm³/mol. The number of nitrogens with zero attached hydrogens (tertiary/aromatic N) is 2. The number of pyridine rings is 1.